The molecule has 0 aromatic rings. The van der Waals surface area contributed by atoms with Crippen molar-refractivity contribution < 1.29 is 14.1 Å². The molecule has 0 amide bonds. The first-order chi connectivity index (χ1) is 3.46. The standard InChI is InChI=1S/C2H4O2.C2H6OS/c1-2(3)4;1-4(2)3/h1H3,(H,3,4);1-2H3/p-1. The van der Waals surface area contributed by atoms with Crippen molar-refractivity contribution in [3.8, 4) is 0 Å². The van der Waals surface area contributed by atoms with Gasteiger partial charge in [-0.15, -0.1) is 0 Å². The van der Waals surface area contributed by atoms with Crippen LogP contribution in [-0.4, -0.2) is 22.7 Å². The second kappa shape index (κ2) is 6.62. The van der Waals surface area contributed by atoms with Crippen LogP contribution < -0.4 is 5.11 Å². The maximum Gasteiger partial charge on any atom is 0.0383 e. The Morgan fingerprint density at radius 1 is 1.50 bits per heavy atom. The van der Waals surface area contributed by atoms with Crippen molar-refractivity contribution in [3.05, 3.63) is 0 Å². The van der Waals surface area contributed by atoms with Gasteiger partial charge in [-0.25, -0.2) is 0 Å². The fourth-order valence-electron chi connectivity index (χ4n) is 0. The molecule has 0 aliphatic carbocycles. The minimum absolute atomic E-state index is 0.611. The summed E-state index contributed by atoms with van der Waals surface area (Å²) in [6.07, 6.45) is 3.28. The van der Waals surface area contributed by atoms with Gasteiger partial charge in [0.2, 0.25) is 0 Å². The zero-order valence-electron chi connectivity index (χ0n) is 5.13. The van der Waals surface area contributed by atoms with Crippen molar-refractivity contribution >= 4 is 16.8 Å². The third kappa shape index (κ3) is 831. The zero-order chi connectivity index (χ0) is 7.15. The van der Waals surface area contributed by atoms with E-state index in [1.165, 1.54) is 0 Å². The average Bonchev–Trinajstić information content (AvgIpc) is 1.25. The van der Waals surface area contributed by atoms with Crippen molar-refractivity contribution in [1.82, 2.24) is 0 Å². The third-order valence-electron chi connectivity index (χ3n) is 0. The number of carbonyl (C=O) groups is 1. The molecular weight excluding hydrogens is 128 g/mol. The van der Waals surface area contributed by atoms with E-state index in [4.69, 9.17) is 9.90 Å². The number of hydrogen-bond acceptors (Lipinski definition) is 3. The summed E-state index contributed by atoms with van der Waals surface area (Å²) in [5.74, 6) is -1.08. The summed E-state index contributed by atoms with van der Waals surface area (Å²) in [7, 11) is -0.611. The Balaban J connectivity index is 0. The minimum Gasteiger partial charge on any atom is -0.550 e. The first-order valence-electron chi connectivity index (χ1n) is 1.89. The lowest BCUT2D eigenvalue weighted by Crippen LogP contribution is -2.16. The molecule has 0 aromatic heterocycles. The molecule has 0 unspecified atom stereocenters. The lowest BCUT2D eigenvalue weighted by molar-refractivity contribution is -0.302. The Morgan fingerprint density at radius 3 is 1.50 bits per heavy atom. The summed E-state index contributed by atoms with van der Waals surface area (Å²) in [5.41, 5.74) is 0. The molecule has 0 radical (unpaired) electrons. The Hall–Kier alpha value is -0.380. The topological polar surface area (TPSA) is 57.2 Å². The van der Waals surface area contributed by atoms with Crippen LogP contribution in [0.1, 0.15) is 6.92 Å². The van der Waals surface area contributed by atoms with Crippen LogP contribution in [0, 0.1) is 0 Å². The first-order valence-corrected chi connectivity index (χ1v) is 3.86. The van der Waals surface area contributed by atoms with Crippen molar-refractivity contribution in [2.75, 3.05) is 12.5 Å². The normalized spacial score (nSPS) is 7.50. The molecule has 0 saturated heterocycles. The summed E-state index contributed by atoms with van der Waals surface area (Å²) in [4.78, 5) is 8.89. The summed E-state index contributed by atoms with van der Waals surface area (Å²) in [5, 5.41) is 8.89. The van der Waals surface area contributed by atoms with Crippen LogP contribution in [0.25, 0.3) is 0 Å². The van der Waals surface area contributed by atoms with Crippen molar-refractivity contribution in [1.29, 1.82) is 0 Å². The van der Waals surface area contributed by atoms with E-state index in [2.05, 4.69) is 0 Å². The van der Waals surface area contributed by atoms with Crippen molar-refractivity contribution in [3.63, 3.8) is 0 Å². The number of rotatable bonds is 0. The molecule has 0 spiro atoms. The Kier molecular flexibility index (Phi) is 8.75. The van der Waals surface area contributed by atoms with Gasteiger partial charge in [0.25, 0.3) is 0 Å². The molecule has 50 valence electrons. The molecule has 0 N–H and O–H groups in total. The number of hydrogen-bond donors (Lipinski definition) is 0. The molecule has 0 atom stereocenters. The van der Waals surface area contributed by atoms with Crippen LogP contribution in [0.4, 0.5) is 0 Å². The monoisotopic (exact) mass is 137 g/mol. The maximum absolute atomic E-state index is 9.56. The van der Waals surface area contributed by atoms with Gasteiger partial charge < -0.3 is 9.90 Å². The summed E-state index contributed by atoms with van der Waals surface area (Å²) in [6, 6.07) is 0. The van der Waals surface area contributed by atoms with Crippen LogP contribution in [-0.2, 0) is 15.6 Å². The molecule has 8 heavy (non-hydrogen) atoms. The molecule has 0 saturated carbocycles. The quantitative estimate of drug-likeness (QED) is 0.419. The highest BCUT2D eigenvalue weighted by Gasteiger charge is 1.57. The van der Waals surface area contributed by atoms with Gasteiger partial charge in [-0.3, -0.25) is 4.21 Å². The van der Waals surface area contributed by atoms with E-state index in [-0.39, 0.29) is 0 Å². The Morgan fingerprint density at radius 2 is 1.50 bits per heavy atom. The van der Waals surface area contributed by atoms with E-state index in [0.717, 1.165) is 6.92 Å². The molecule has 3 nitrogen and oxygen atoms in total. The van der Waals surface area contributed by atoms with E-state index >= 15 is 0 Å². The molecule has 0 heterocycles. The number of carbonyl (C=O) groups excluding carboxylic acids is 1. The molecular formula is C4H9O3S-. The van der Waals surface area contributed by atoms with Gasteiger partial charge in [-0.1, -0.05) is 0 Å². The Labute approximate surface area is 51.2 Å². The van der Waals surface area contributed by atoms with E-state index in [0.29, 0.717) is 0 Å². The van der Waals surface area contributed by atoms with Crippen LogP contribution in [0.5, 0.6) is 0 Å². The SMILES string of the molecule is CC(=O)[O-].CS(C)=O. The van der Waals surface area contributed by atoms with Gasteiger partial charge in [-0.05, 0) is 6.92 Å². The predicted molar refractivity (Wildman–Crippen MR) is 30.7 cm³/mol. The fourth-order valence-corrected chi connectivity index (χ4v) is 0. The second-order valence-corrected chi connectivity index (χ2v) is 2.72. The minimum atomic E-state index is -1.08. The lowest BCUT2D eigenvalue weighted by atomic mass is 10.9. The highest BCUT2D eigenvalue weighted by Crippen LogP contribution is 1.47. The maximum atomic E-state index is 9.56. The molecule has 0 rings (SSSR count). The smallest absolute Gasteiger partial charge is 0.0383 e. The van der Waals surface area contributed by atoms with Gasteiger partial charge in [0.15, 0.2) is 0 Å². The van der Waals surface area contributed by atoms with Crippen molar-refractivity contribution in [2.45, 2.75) is 6.92 Å². The van der Waals surface area contributed by atoms with Crippen LogP contribution in [0.15, 0.2) is 0 Å². The lowest BCUT2D eigenvalue weighted by Gasteiger charge is -1.77. The first kappa shape index (κ1) is 10.6. The van der Waals surface area contributed by atoms with Gasteiger partial charge >= 0.3 is 0 Å². The molecule has 0 aromatic carbocycles. The van der Waals surface area contributed by atoms with E-state index in [1.54, 1.807) is 12.5 Å². The molecule has 0 aliphatic heterocycles. The van der Waals surface area contributed by atoms with Crippen LogP contribution >= 0.6 is 0 Å². The molecule has 0 fully saturated rings. The molecule has 0 bridgehead atoms. The predicted octanol–water partition coefficient (Wildman–Crippen LogP) is -1.25. The number of carboxylic acid groups (broad SMARTS) is 1. The molecule has 4 heteroatoms. The van der Waals surface area contributed by atoms with Gasteiger partial charge in [-0.2, -0.15) is 0 Å². The van der Waals surface area contributed by atoms with Gasteiger partial charge in [0.05, 0.1) is 0 Å². The average molecular weight is 137 g/mol. The molecule has 0 aliphatic rings. The van der Waals surface area contributed by atoms with Gasteiger partial charge in [0, 0.05) is 29.3 Å². The Bertz CT molecular complexity index is 69.3. The summed E-state index contributed by atoms with van der Waals surface area (Å²) in [6.45, 7) is 0.972. The van der Waals surface area contributed by atoms with E-state index < -0.39 is 16.8 Å². The summed E-state index contributed by atoms with van der Waals surface area (Å²) < 4.78 is 9.56. The number of carboxylic acids is 1. The van der Waals surface area contributed by atoms with Crippen LogP contribution in [0.3, 0.4) is 0 Å². The highest BCUT2D eigenvalue weighted by molar-refractivity contribution is 7.83. The number of aliphatic carboxylic acids is 1. The van der Waals surface area contributed by atoms with E-state index in [9.17, 15) is 4.21 Å². The summed E-state index contributed by atoms with van der Waals surface area (Å²) >= 11 is 0. The fraction of sp³-hybridized carbons (Fsp3) is 0.750. The van der Waals surface area contributed by atoms with Gasteiger partial charge in [0.1, 0.15) is 0 Å². The largest absolute Gasteiger partial charge is 0.550 e. The third-order valence-corrected chi connectivity index (χ3v) is 0. The zero-order valence-corrected chi connectivity index (χ0v) is 5.95. The van der Waals surface area contributed by atoms with E-state index in [1.807, 2.05) is 0 Å². The van der Waals surface area contributed by atoms with Crippen LogP contribution in [0.2, 0.25) is 0 Å². The highest BCUT2D eigenvalue weighted by atomic mass is 32.2. The second-order valence-electron chi connectivity index (χ2n) is 1.23. The van der Waals surface area contributed by atoms with Crippen molar-refractivity contribution in [2.24, 2.45) is 0 Å².